The Balaban J connectivity index is 1.28. The molecule has 3 aliphatic rings. The quantitative estimate of drug-likeness (QED) is 0.554. The number of nitrogens with zero attached hydrogens (tertiary/aromatic N) is 2. The summed E-state index contributed by atoms with van der Waals surface area (Å²) in [5, 5.41) is 2.89. The van der Waals surface area contributed by atoms with Crippen LogP contribution >= 0.6 is 0 Å². The van der Waals surface area contributed by atoms with E-state index in [9.17, 15) is 23.2 Å². The van der Waals surface area contributed by atoms with E-state index in [0.29, 0.717) is 36.6 Å². The zero-order valence-electron chi connectivity index (χ0n) is 20.3. The number of alkyl halides is 2. The molecule has 10 heteroatoms. The molecule has 2 aliphatic heterocycles. The van der Waals surface area contributed by atoms with E-state index in [1.165, 1.54) is 24.1 Å². The zero-order chi connectivity index (χ0) is 26.1. The van der Waals surface area contributed by atoms with Crippen molar-refractivity contribution in [1.29, 1.82) is 0 Å². The van der Waals surface area contributed by atoms with Gasteiger partial charge < -0.3 is 19.7 Å². The highest BCUT2D eigenvalue weighted by Crippen LogP contribution is 2.39. The normalized spacial score (nSPS) is 20.3. The molecule has 1 N–H and O–H groups in total. The molecular weight excluding hydrogens is 484 g/mol. The number of benzene rings is 2. The number of fused-ring (bicyclic) bond motifs is 1. The molecule has 1 aliphatic carbocycles. The van der Waals surface area contributed by atoms with Gasteiger partial charge in [0.25, 0.3) is 5.91 Å². The number of carbonyl (C=O) groups excluding carboxylic acids is 3. The van der Waals surface area contributed by atoms with Crippen LogP contribution in [0.1, 0.15) is 59.2 Å². The van der Waals surface area contributed by atoms with Gasteiger partial charge in [-0.2, -0.15) is 8.78 Å². The molecule has 2 aromatic rings. The fraction of sp³-hybridized carbons (Fsp3) is 0.407. The third-order valence-electron chi connectivity index (χ3n) is 6.97. The second-order valence-corrected chi connectivity index (χ2v) is 9.66. The monoisotopic (exact) mass is 511 g/mol. The fourth-order valence-electron chi connectivity index (χ4n) is 4.78. The zero-order valence-corrected chi connectivity index (χ0v) is 20.3. The molecule has 0 bridgehead atoms. The van der Waals surface area contributed by atoms with Crippen molar-refractivity contribution in [2.75, 3.05) is 13.2 Å². The standard InChI is InChI=1S/C27H27F2N3O5/c1-15(33)32-13-20(18-5-7-23(37-27(28)29)24(10-18)36-14-16-2-3-16)9-22(32)26(35)30-11-17-4-6-21-19(8-17)12-31-25(21)34/h4-8,10,12,16,20,22,27H,2-3,9,11,13-14H2,1H3,(H,30,35). The summed E-state index contributed by atoms with van der Waals surface area (Å²) in [4.78, 5) is 42.4. The van der Waals surface area contributed by atoms with Crippen LogP contribution in [0.25, 0.3) is 0 Å². The van der Waals surface area contributed by atoms with Gasteiger partial charge in [0.2, 0.25) is 11.8 Å². The second kappa shape index (κ2) is 10.3. The SMILES string of the molecule is CC(=O)N1CC(c2ccc(OC(F)F)c(OCC3CC3)c2)CC1C(=O)NCc1ccc2c(c1)C=NC2=O. The van der Waals surface area contributed by atoms with E-state index < -0.39 is 12.7 Å². The molecule has 3 amide bonds. The summed E-state index contributed by atoms with van der Waals surface area (Å²) < 4.78 is 36.2. The average molecular weight is 512 g/mol. The first-order chi connectivity index (χ1) is 17.8. The number of likely N-dealkylation sites (tertiary alicyclic amines) is 1. The first kappa shape index (κ1) is 24.9. The molecule has 1 saturated heterocycles. The molecule has 2 atom stereocenters. The van der Waals surface area contributed by atoms with Crippen molar-refractivity contribution < 1.29 is 32.6 Å². The third-order valence-corrected chi connectivity index (χ3v) is 6.97. The fourth-order valence-corrected chi connectivity index (χ4v) is 4.78. The van der Waals surface area contributed by atoms with E-state index in [2.05, 4.69) is 15.0 Å². The van der Waals surface area contributed by atoms with Crippen LogP contribution in [-0.2, 0) is 16.1 Å². The molecular formula is C27H27F2N3O5. The maximum atomic E-state index is 13.1. The van der Waals surface area contributed by atoms with E-state index in [4.69, 9.17) is 4.74 Å². The van der Waals surface area contributed by atoms with Gasteiger partial charge in [-0.05, 0) is 60.6 Å². The molecule has 2 fully saturated rings. The van der Waals surface area contributed by atoms with Gasteiger partial charge in [0.05, 0.1) is 12.2 Å². The van der Waals surface area contributed by atoms with Crippen molar-refractivity contribution in [3.8, 4) is 11.5 Å². The van der Waals surface area contributed by atoms with Crippen molar-refractivity contribution in [2.45, 2.75) is 51.3 Å². The van der Waals surface area contributed by atoms with Crippen LogP contribution in [-0.4, -0.2) is 54.6 Å². The van der Waals surface area contributed by atoms with Crippen LogP contribution in [0.5, 0.6) is 11.5 Å². The number of halogens is 2. The Morgan fingerprint density at radius 1 is 1.16 bits per heavy atom. The first-order valence-corrected chi connectivity index (χ1v) is 12.3. The molecule has 8 nitrogen and oxygen atoms in total. The lowest BCUT2D eigenvalue weighted by atomic mass is 9.95. The van der Waals surface area contributed by atoms with Gasteiger partial charge in [0.15, 0.2) is 11.5 Å². The summed E-state index contributed by atoms with van der Waals surface area (Å²) in [6.45, 7) is -0.563. The Kier molecular flexibility index (Phi) is 6.90. The smallest absolute Gasteiger partial charge is 0.387 e. The van der Waals surface area contributed by atoms with Gasteiger partial charge in [-0.15, -0.1) is 0 Å². The number of hydrogen-bond acceptors (Lipinski definition) is 5. The molecule has 1 saturated carbocycles. The molecule has 2 heterocycles. The lowest BCUT2D eigenvalue weighted by molar-refractivity contribution is -0.136. The van der Waals surface area contributed by atoms with E-state index in [0.717, 1.165) is 24.0 Å². The van der Waals surface area contributed by atoms with E-state index in [-0.39, 0.29) is 41.7 Å². The molecule has 0 spiro atoms. The van der Waals surface area contributed by atoms with Crippen LogP contribution in [0.2, 0.25) is 0 Å². The predicted octanol–water partition coefficient (Wildman–Crippen LogP) is 3.67. The van der Waals surface area contributed by atoms with Crippen LogP contribution in [0.15, 0.2) is 41.4 Å². The van der Waals surface area contributed by atoms with Crippen molar-refractivity contribution in [1.82, 2.24) is 10.2 Å². The van der Waals surface area contributed by atoms with E-state index in [1.54, 1.807) is 30.3 Å². The molecule has 2 unspecified atom stereocenters. The maximum absolute atomic E-state index is 13.1. The first-order valence-electron chi connectivity index (χ1n) is 12.3. The summed E-state index contributed by atoms with van der Waals surface area (Å²) in [7, 11) is 0. The number of amides is 3. The number of aliphatic imine (C=N–C) groups is 1. The summed E-state index contributed by atoms with van der Waals surface area (Å²) >= 11 is 0. The van der Waals surface area contributed by atoms with Gasteiger partial charge in [0, 0.05) is 37.7 Å². The third kappa shape index (κ3) is 5.63. The van der Waals surface area contributed by atoms with Gasteiger partial charge in [-0.25, -0.2) is 4.99 Å². The number of carbonyl (C=O) groups is 3. The lowest BCUT2D eigenvalue weighted by Gasteiger charge is -2.22. The maximum Gasteiger partial charge on any atom is 0.387 e. The largest absolute Gasteiger partial charge is 0.489 e. The number of ether oxygens (including phenoxy) is 2. The summed E-state index contributed by atoms with van der Waals surface area (Å²) in [6, 6.07) is 9.39. The average Bonchev–Trinajstić information content (AvgIpc) is 3.47. The van der Waals surface area contributed by atoms with Gasteiger partial charge in [-0.3, -0.25) is 14.4 Å². The minimum atomic E-state index is -2.97. The molecule has 0 radical (unpaired) electrons. The Bertz CT molecular complexity index is 1260. The Morgan fingerprint density at radius 3 is 2.70 bits per heavy atom. The van der Waals surface area contributed by atoms with Crippen LogP contribution in [0, 0.1) is 5.92 Å². The Morgan fingerprint density at radius 2 is 1.97 bits per heavy atom. The molecule has 37 heavy (non-hydrogen) atoms. The highest BCUT2D eigenvalue weighted by Gasteiger charge is 2.39. The van der Waals surface area contributed by atoms with Crippen molar-refractivity contribution >= 4 is 23.9 Å². The summed E-state index contributed by atoms with van der Waals surface area (Å²) in [5.41, 5.74) is 2.84. The number of rotatable bonds is 9. The van der Waals surface area contributed by atoms with Gasteiger partial charge >= 0.3 is 6.61 Å². The van der Waals surface area contributed by atoms with E-state index in [1.807, 2.05) is 0 Å². The summed E-state index contributed by atoms with van der Waals surface area (Å²) in [6.07, 6.45) is 3.99. The van der Waals surface area contributed by atoms with Crippen LogP contribution in [0.3, 0.4) is 0 Å². The molecule has 2 aromatic carbocycles. The number of nitrogens with one attached hydrogen (secondary N) is 1. The van der Waals surface area contributed by atoms with Crippen molar-refractivity contribution in [3.63, 3.8) is 0 Å². The Labute approximate surface area is 212 Å². The molecule has 0 aromatic heterocycles. The second-order valence-electron chi connectivity index (χ2n) is 9.66. The van der Waals surface area contributed by atoms with Crippen molar-refractivity contribution in [3.05, 3.63) is 58.7 Å². The summed E-state index contributed by atoms with van der Waals surface area (Å²) in [5.74, 6) is -0.333. The van der Waals surface area contributed by atoms with Crippen LogP contribution < -0.4 is 14.8 Å². The minimum Gasteiger partial charge on any atom is -0.489 e. The van der Waals surface area contributed by atoms with Gasteiger partial charge in [0.1, 0.15) is 6.04 Å². The van der Waals surface area contributed by atoms with Crippen LogP contribution in [0.4, 0.5) is 8.78 Å². The molecule has 194 valence electrons. The highest BCUT2D eigenvalue weighted by molar-refractivity contribution is 6.12. The minimum absolute atomic E-state index is 0.0313. The van der Waals surface area contributed by atoms with Gasteiger partial charge in [-0.1, -0.05) is 12.1 Å². The topological polar surface area (TPSA) is 97.3 Å². The molecule has 5 rings (SSSR count). The number of hydrogen-bond donors (Lipinski definition) is 1. The Hall–Kier alpha value is -3.82. The highest BCUT2D eigenvalue weighted by atomic mass is 19.3. The van der Waals surface area contributed by atoms with Crippen molar-refractivity contribution in [2.24, 2.45) is 10.9 Å². The predicted molar refractivity (Wildman–Crippen MR) is 130 cm³/mol. The lowest BCUT2D eigenvalue weighted by Crippen LogP contribution is -2.44. The van der Waals surface area contributed by atoms with E-state index >= 15 is 0 Å².